The van der Waals surface area contributed by atoms with Crippen molar-refractivity contribution in [2.75, 3.05) is 7.05 Å². The van der Waals surface area contributed by atoms with Gasteiger partial charge in [0.15, 0.2) is 5.76 Å². The largest absolute Gasteiger partial charge is 0.360 e. The van der Waals surface area contributed by atoms with E-state index in [-0.39, 0.29) is 0 Å². The highest BCUT2D eigenvalue weighted by Gasteiger charge is 2.29. The molecule has 0 spiro atoms. The van der Waals surface area contributed by atoms with Gasteiger partial charge in [-0.25, -0.2) is 0 Å². The number of rotatable bonds is 6. The van der Waals surface area contributed by atoms with Crippen LogP contribution in [0.4, 0.5) is 0 Å². The first-order valence-corrected chi connectivity index (χ1v) is 8.40. The third-order valence-electron chi connectivity index (χ3n) is 5.09. The highest BCUT2D eigenvalue weighted by atomic mass is 16.5. The Morgan fingerprint density at radius 3 is 2.67 bits per heavy atom. The maximum atomic E-state index is 5.49. The van der Waals surface area contributed by atoms with Crippen LogP contribution in [0.15, 0.2) is 10.6 Å². The Morgan fingerprint density at radius 2 is 2.00 bits per heavy atom. The number of hydrogen-bond donors (Lipinski definition) is 1. The van der Waals surface area contributed by atoms with Crippen LogP contribution in [0, 0.1) is 5.41 Å². The van der Waals surface area contributed by atoms with E-state index in [1.54, 1.807) is 0 Å². The van der Waals surface area contributed by atoms with Gasteiger partial charge in [-0.05, 0) is 51.0 Å². The zero-order valence-electron chi connectivity index (χ0n) is 13.7. The summed E-state index contributed by atoms with van der Waals surface area (Å²) in [4.78, 5) is 2.44. The summed E-state index contributed by atoms with van der Waals surface area (Å²) in [7, 11) is 2.22. The lowest BCUT2D eigenvalue weighted by molar-refractivity contribution is 0.115. The van der Waals surface area contributed by atoms with Gasteiger partial charge in [-0.1, -0.05) is 19.0 Å². The lowest BCUT2D eigenvalue weighted by atomic mass is 9.75. The predicted octanol–water partition coefficient (Wildman–Crippen LogP) is 3.33. The number of nitrogens with one attached hydrogen (secondary N) is 1. The monoisotopic (exact) mass is 291 g/mol. The molecule has 1 heterocycles. The Bertz CT molecular complexity index is 454. The molecule has 1 aromatic rings. The van der Waals surface area contributed by atoms with E-state index < -0.39 is 0 Å². The van der Waals surface area contributed by atoms with E-state index in [0.717, 1.165) is 30.6 Å². The number of nitrogens with zero attached hydrogens (tertiary/aromatic N) is 2. The van der Waals surface area contributed by atoms with Crippen LogP contribution in [-0.4, -0.2) is 29.2 Å². The molecule has 2 aliphatic carbocycles. The van der Waals surface area contributed by atoms with Crippen LogP contribution in [0.1, 0.15) is 63.8 Å². The van der Waals surface area contributed by atoms with Crippen LogP contribution >= 0.6 is 0 Å². The molecule has 4 heteroatoms. The fourth-order valence-electron chi connectivity index (χ4n) is 3.25. The van der Waals surface area contributed by atoms with Gasteiger partial charge < -0.3 is 9.84 Å². The van der Waals surface area contributed by atoms with Gasteiger partial charge in [-0.2, -0.15) is 0 Å². The van der Waals surface area contributed by atoms with E-state index in [9.17, 15) is 0 Å². The lowest BCUT2D eigenvalue weighted by Gasteiger charge is -2.38. The first-order valence-electron chi connectivity index (χ1n) is 8.40. The summed E-state index contributed by atoms with van der Waals surface area (Å²) in [5.74, 6) is 0.995. The number of hydrogen-bond acceptors (Lipinski definition) is 4. The Morgan fingerprint density at radius 1 is 1.29 bits per heavy atom. The van der Waals surface area contributed by atoms with Crippen molar-refractivity contribution in [3.05, 3.63) is 17.5 Å². The van der Waals surface area contributed by atoms with Gasteiger partial charge in [-0.3, -0.25) is 4.90 Å². The van der Waals surface area contributed by atoms with Gasteiger partial charge in [-0.15, -0.1) is 0 Å². The molecule has 0 radical (unpaired) electrons. The molecule has 2 aliphatic rings. The molecule has 1 aromatic heterocycles. The molecule has 0 aromatic carbocycles. The van der Waals surface area contributed by atoms with Crippen LogP contribution in [0.3, 0.4) is 0 Å². The predicted molar refractivity (Wildman–Crippen MR) is 83.9 cm³/mol. The van der Waals surface area contributed by atoms with Gasteiger partial charge in [0.25, 0.3) is 0 Å². The summed E-state index contributed by atoms with van der Waals surface area (Å²) in [6.45, 7) is 6.49. The highest BCUT2D eigenvalue weighted by Crippen LogP contribution is 2.36. The van der Waals surface area contributed by atoms with Crippen molar-refractivity contribution in [2.45, 2.75) is 77.5 Å². The van der Waals surface area contributed by atoms with Crippen LogP contribution in [0.25, 0.3) is 0 Å². The van der Waals surface area contributed by atoms with E-state index in [1.165, 1.54) is 38.5 Å². The van der Waals surface area contributed by atoms with Crippen molar-refractivity contribution in [2.24, 2.45) is 5.41 Å². The van der Waals surface area contributed by atoms with Crippen molar-refractivity contribution in [3.63, 3.8) is 0 Å². The summed E-state index contributed by atoms with van der Waals surface area (Å²) >= 11 is 0. The molecule has 118 valence electrons. The first-order chi connectivity index (χ1) is 10.0. The SMILES string of the molecule is CN(Cc1cc(CNC2CC2)no1)C1CCC(C)(C)CC1. The standard InChI is InChI=1S/C17H29N3O/c1-17(2)8-6-15(7-9-17)20(3)12-16-10-14(19-21-16)11-18-13-4-5-13/h10,13,15,18H,4-9,11-12H2,1-3H3. The van der Waals surface area contributed by atoms with Crippen molar-refractivity contribution in [3.8, 4) is 0 Å². The van der Waals surface area contributed by atoms with Crippen LogP contribution in [-0.2, 0) is 13.1 Å². The van der Waals surface area contributed by atoms with Gasteiger partial charge in [0.05, 0.1) is 12.2 Å². The fraction of sp³-hybridized carbons (Fsp3) is 0.824. The second kappa shape index (κ2) is 6.09. The van der Waals surface area contributed by atoms with Crippen molar-refractivity contribution in [1.82, 2.24) is 15.4 Å². The van der Waals surface area contributed by atoms with E-state index >= 15 is 0 Å². The molecule has 2 fully saturated rings. The van der Waals surface area contributed by atoms with Crippen molar-refractivity contribution < 1.29 is 4.52 Å². The van der Waals surface area contributed by atoms with E-state index in [0.29, 0.717) is 11.5 Å². The molecule has 0 unspecified atom stereocenters. The maximum Gasteiger partial charge on any atom is 0.151 e. The molecule has 2 saturated carbocycles. The maximum absolute atomic E-state index is 5.49. The average Bonchev–Trinajstić information content (AvgIpc) is 3.16. The van der Waals surface area contributed by atoms with E-state index in [4.69, 9.17) is 4.52 Å². The molecular weight excluding hydrogens is 262 g/mol. The minimum absolute atomic E-state index is 0.533. The zero-order chi connectivity index (χ0) is 14.9. The molecule has 21 heavy (non-hydrogen) atoms. The Kier molecular flexibility index (Phi) is 4.36. The Hall–Kier alpha value is -0.870. The Balaban J connectivity index is 1.46. The third-order valence-corrected chi connectivity index (χ3v) is 5.09. The molecular formula is C17H29N3O. The molecule has 0 bridgehead atoms. The van der Waals surface area contributed by atoms with E-state index in [2.05, 4.69) is 42.3 Å². The summed E-state index contributed by atoms with van der Waals surface area (Å²) in [6.07, 6.45) is 7.88. The lowest BCUT2D eigenvalue weighted by Crippen LogP contribution is -2.36. The highest BCUT2D eigenvalue weighted by molar-refractivity contribution is 5.06. The van der Waals surface area contributed by atoms with Gasteiger partial charge >= 0.3 is 0 Å². The molecule has 0 aliphatic heterocycles. The topological polar surface area (TPSA) is 41.3 Å². The fourth-order valence-corrected chi connectivity index (χ4v) is 3.25. The third kappa shape index (κ3) is 4.30. The summed E-state index contributed by atoms with van der Waals surface area (Å²) < 4.78 is 5.49. The van der Waals surface area contributed by atoms with Crippen LogP contribution in [0.2, 0.25) is 0 Å². The Labute approximate surface area is 128 Å². The van der Waals surface area contributed by atoms with Gasteiger partial charge in [0, 0.05) is 24.7 Å². The summed E-state index contributed by atoms with van der Waals surface area (Å²) in [6, 6.07) is 3.52. The smallest absolute Gasteiger partial charge is 0.151 e. The second-order valence-electron chi connectivity index (χ2n) is 7.75. The average molecular weight is 291 g/mol. The van der Waals surface area contributed by atoms with Gasteiger partial charge in [0.2, 0.25) is 0 Å². The van der Waals surface area contributed by atoms with Gasteiger partial charge in [0.1, 0.15) is 0 Å². The van der Waals surface area contributed by atoms with Crippen LogP contribution < -0.4 is 5.32 Å². The second-order valence-corrected chi connectivity index (χ2v) is 7.75. The summed E-state index contributed by atoms with van der Waals surface area (Å²) in [5, 5.41) is 7.65. The number of aromatic nitrogens is 1. The van der Waals surface area contributed by atoms with Crippen LogP contribution in [0.5, 0.6) is 0 Å². The van der Waals surface area contributed by atoms with Crippen molar-refractivity contribution >= 4 is 0 Å². The molecule has 0 atom stereocenters. The molecule has 0 amide bonds. The minimum atomic E-state index is 0.533. The first kappa shape index (κ1) is 15.0. The zero-order valence-corrected chi connectivity index (χ0v) is 13.7. The quantitative estimate of drug-likeness (QED) is 0.873. The normalized spacial score (nSPS) is 22.9. The molecule has 4 nitrogen and oxygen atoms in total. The molecule has 3 rings (SSSR count). The molecule has 1 N–H and O–H groups in total. The van der Waals surface area contributed by atoms with E-state index in [1.807, 2.05) is 0 Å². The summed E-state index contributed by atoms with van der Waals surface area (Å²) in [5.41, 5.74) is 1.57. The van der Waals surface area contributed by atoms with Crippen molar-refractivity contribution in [1.29, 1.82) is 0 Å². The molecule has 0 saturated heterocycles. The minimum Gasteiger partial charge on any atom is -0.360 e.